The van der Waals surface area contributed by atoms with Crippen molar-refractivity contribution in [3.05, 3.63) is 106 Å². The lowest BCUT2D eigenvalue weighted by molar-refractivity contribution is 0.187. The second-order valence-corrected chi connectivity index (χ2v) is 9.85. The predicted octanol–water partition coefficient (Wildman–Crippen LogP) is 6.33. The van der Waals surface area contributed by atoms with Gasteiger partial charge in [0.05, 0.1) is 12.1 Å². The number of hydrogen-bond acceptors (Lipinski definition) is 5. The fourth-order valence-corrected chi connectivity index (χ4v) is 5.24. The highest BCUT2D eigenvalue weighted by atomic mass is 35.5. The van der Waals surface area contributed by atoms with Crippen molar-refractivity contribution in [2.24, 2.45) is 0 Å². The first-order valence-corrected chi connectivity index (χ1v) is 12.8. The number of aryl methyl sites for hydroxylation is 1. The zero-order valence-corrected chi connectivity index (χ0v) is 20.8. The summed E-state index contributed by atoms with van der Waals surface area (Å²) < 4.78 is 2.09. The van der Waals surface area contributed by atoms with Crippen molar-refractivity contribution in [3.8, 4) is 0 Å². The van der Waals surface area contributed by atoms with E-state index in [2.05, 4.69) is 73.4 Å². The van der Waals surface area contributed by atoms with E-state index in [1.54, 1.807) is 0 Å². The van der Waals surface area contributed by atoms with Crippen molar-refractivity contribution in [2.45, 2.75) is 64.2 Å². The minimum Gasteiger partial charge on any atom is -0.281 e. The predicted molar refractivity (Wildman–Crippen MR) is 138 cm³/mol. The zero-order chi connectivity index (χ0) is 24.0. The molecule has 6 nitrogen and oxygen atoms in total. The molecule has 2 aromatic carbocycles. The molecule has 1 aliphatic carbocycles. The van der Waals surface area contributed by atoms with Gasteiger partial charge in [-0.3, -0.25) is 9.88 Å². The smallest absolute Gasteiger partial charge is 0.173 e. The molecule has 2 heterocycles. The fraction of sp³-hybridized carbons (Fsp3) is 0.357. The molecule has 1 aliphatic rings. The summed E-state index contributed by atoms with van der Waals surface area (Å²) in [6.07, 6.45) is 9.70. The van der Waals surface area contributed by atoms with Crippen LogP contribution in [0.15, 0.2) is 73.1 Å². The van der Waals surface area contributed by atoms with Crippen molar-refractivity contribution in [1.29, 1.82) is 0 Å². The van der Waals surface area contributed by atoms with Crippen LogP contribution in [0.5, 0.6) is 0 Å². The maximum atomic E-state index is 6.64. The lowest BCUT2D eigenvalue weighted by Gasteiger charge is -2.33. The van der Waals surface area contributed by atoms with Crippen LogP contribution < -0.4 is 0 Å². The summed E-state index contributed by atoms with van der Waals surface area (Å²) in [5.41, 5.74) is 4.60. The Bertz CT molecular complexity index is 1220. The Morgan fingerprint density at radius 3 is 2.51 bits per heavy atom. The number of benzene rings is 2. The first kappa shape index (κ1) is 23.6. The average Bonchev–Trinajstić information content (AvgIpc) is 3.37. The Morgan fingerprint density at radius 1 is 0.971 bits per heavy atom. The number of rotatable bonds is 8. The molecular weight excluding hydrogens is 456 g/mol. The number of nitrogens with zero attached hydrogens (tertiary/aromatic N) is 6. The number of pyridine rings is 1. The third kappa shape index (κ3) is 5.60. The third-order valence-corrected chi connectivity index (χ3v) is 7.25. The molecule has 0 spiro atoms. The molecule has 4 aromatic rings. The molecule has 0 unspecified atom stereocenters. The van der Waals surface area contributed by atoms with Crippen LogP contribution in [-0.2, 0) is 13.1 Å². The molecule has 0 saturated heterocycles. The van der Waals surface area contributed by atoms with Gasteiger partial charge in [-0.05, 0) is 59.0 Å². The molecule has 7 heteroatoms. The lowest BCUT2D eigenvalue weighted by Crippen LogP contribution is -2.32. The fourth-order valence-electron chi connectivity index (χ4n) is 5.05. The van der Waals surface area contributed by atoms with Crippen LogP contribution in [0.4, 0.5) is 0 Å². The Labute approximate surface area is 212 Å². The highest BCUT2D eigenvalue weighted by Gasteiger charge is 2.31. The van der Waals surface area contributed by atoms with Gasteiger partial charge >= 0.3 is 0 Å². The van der Waals surface area contributed by atoms with E-state index in [1.165, 1.54) is 30.4 Å². The molecule has 0 radical (unpaired) electrons. The molecule has 2 aromatic heterocycles. The van der Waals surface area contributed by atoms with Gasteiger partial charge in [-0.1, -0.05) is 85.0 Å². The molecule has 180 valence electrons. The zero-order valence-electron chi connectivity index (χ0n) is 20.1. The molecule has 5 rings (SSSR count). The van der Waals surface area contributed by atoms with E-state index in [-0.39, 0.29) is 6.04 Å². The van der Waals surface area contributed by atoms with Gasteiger partial charge in [0.25, 0.3) is 0 Å². The molecule has 1 saturated carbocycles. The van der Waals surface area contributed by atoms with Crippen LogP contribution in [-0.4, -0.2) is 30.1 Å². The van der Waals surface area contributed by atoms with E-state index in [1.807, 2.05) is 36.7 Å². The summed E-state index contributed by atoms with van der Waals surface area (Å²) in [4.78, 5) is 6.77. The minimum atomic E-state index is -0.135. The van der Waals surface area contributed by atoms with Gasteiger partial charge in [0.1, 0.15) is 0 Å². The molecule has 1 atom stereocenters. The Balaban J connectivity index is 1.60. The summed E-state index contributed by atoms with van der Waals surface area (Å²) in [6.45, 7) is 3.46. The second-order valence-electron chi connectivity index (χ2n) is 9.44. The molecule has 0 bridgehead atoms. The largest absolute Gasteiger partial charge is 0.281 e. The maximum Gasteiger partial charge on any atom is 0.173 e. The van der Waals surface area contributed by atoms with Crippen molar-refractivity contribution in [1.82, 2.24) is 30.1 Å². The van der Waals surface area contributed by atoms with Gasteiger partial charge in [-0.2, -0.15) is 0 Å². The molecular formula is C28H31ClN6. The summed E-state index contributed by atoms with van der Waals surface area (Å²) >= 11 is 6.64. The van der Waals surface area contributed by atoms with Crippen molar-refractivity contribution in [3.63, 3.8) is 0 Å². The van der Waals surface area contributed by atoms with Crippen LogP contribution in [0.2, 0.25) is 5.02 Å². The molecule has 0 aliphatic heterocycles. The van der Waals surface area contributed by atoms with Gasteiger partial charge in [-0.15, -0.1) is 5.10 Å². The van der Waals surface area contributed by atoms with Crippen LogP contribution >= 0.6 is 11.6 Å². The van der Waals surface area contributed by atoms with Gasteiger partial charge in [0.15, 0.2) is 5.82 Å². The standard InChI is InChI=1S/C28H31ClN6/c1-21-13-15-23(16-14-21)27(28-31-32-33-35(28)25-10-3-2-4-11-25)34(19-22-8-7-17-30-18-22)20-24-9-5-6-12-26(24)29/h5-9,12-18,25,27H,2-4,10-11,19-20H2,1H3/t27-/m1/s1. The van der Waals surface area contributed by atoms with E-state index in [9.17, 15) is 0 Å². The average molecular weight is 487 g/mol. The minimum absolute atomic E-state index is 0.135. The quantitative estimate of drug-likeness (QED) is 0.291. The van der Waals surface area contributed by atoms with Crippen molar-refractivity contribution in [2.75, 3.05) is 0 Å². The monoisotopic (exact) mass is 486 g/mol. The Hall–Kier alpha value is -3.09. The van der Waals surface area contributed by atoms with Crippen LogP contribution in [0.25, 0.3) is 0 Å². The van der Waals surface area contributed by atoms with E-state index < -0.39 is 0 Å². The summed E-state index contributed by atoms with van der Waals surface area (Å²) in [7, 11) is 0. The molecule has 35 heavy (non-hydrogen) atoms. The van der Waals surface area contributed by atoms with Gasteiger partial charge in [-0.25, -0.2) is 4.68 Å². The molecule has 0 N–H and O–H groups in total. The first-order valence-electron chi connectivity index (χ1n) is 12.4. The van der Waals surface area contributed by atoms with E-state index in [0.29, 0.717) is 19.1 Å². The molecule has 0 amide bonds. The highest BCUT2D eigenvalue weighted by molar-refractivity contribution is 6.31. The third-order valence-electron chi connectivity index (χ3n) is 6.88. The van der Waals surface area contributed by atoms with Crippen LogP contribution in [0.1, 0.15) is 72.3 Å². The van der Waals surface area contributed by atoms with E-state index in [0.717, 1.165) is 34.8 Å². The van der Waals surface area contributed by atoms with E-state index in [4.69, 9.17) is 11.6 Å². The van der Waals surface area contributed by atoms with Crippen molar-refractivity contribution < 1.29 is 0 Å². The topological polar surface area (TPSA) is 59.7 Å². The number of hydrogen-bond donors (Lipinski definition) is 0. The Morgan fingerprint density at radius 2 is 1.77 bits per heavy atom. The first-order chi connectivity index (χ1) is 17.2. The van der Waals surface area contributed by atoms with Gasteiger partial charge < -0.3 is 0 Å². The van der Waals surface area contributed by atoms with Gasteiger partial charge in [0.2, 0.25) is 0 Å². The highest BCUT2D eigenvalue weighted by Crippen LogP contribution is 2.35. The summed E-state index contributed by atoms with van der Waals surface area (Å²) in [5.74, 6) is 0.886. The maximum absolute atomic E-state index is 6.64. The second kappa shape index (κ2) is 11.1. The lowest BCUT2D eigenvalue weighted by atomic mass is 9.94. The van der Waals surface area contributed by atoms with Gasteiger partial charge in [0, 0.05) is 30.5 Å². The summed E-state index contributed by atoms with van der Waals surface area (Å²) in [6, 6.07) is 21.1. The number of aromatic nitrogens is 5. The normalized spacial score (nSPS) is 15.4. The van der Waals surface area contributed by atoms with Crippen molar-refractivity contribution >= 4 is 11.6 Å². The number of tetrazole rings is 1. The number of halogens is 1. The summed E-state index contributed by atoms with van der Waals surface area (Å²) in [5, 5.41) is 14.1. The van der Waals surface area contributed by atoms with Crippen LogP contribution in [0, 0.1) is 6.92 Å². The SMILES string of the molecule is Cc1ccc([C@H](c2nnnn2C2CCCCC2)N(Cc2cccnc2)Cc2ccccc2Cl)cc1. The van der Waals surface area contributed by atoms with Crippen LogP contribution in [0.3, 0.4) is 0 Å². The molecule has 1 fully saturated rings. The van der Waals surface area contributed by atoms with E-state index >= 15 is 0 Å². The Kier molecular flexibility index (Phi) is 7.50.